The van der Waals surface area contributed by atoms with E-state index in [0.29, 0.717) is 0 Å². The van der Waals surface area contributed by atoms with E-state index in [4.69, 9.17) is 5.11 Å². The van der Waals surface area contributed by atoms with E-state index < -0.39 is 5.97 Å². The molecule has 0 amide bonds. The maximum absolute atomic E-state index is 10.2. The van der Waals surface area contributed by atoms with Crippen LogP contribution in [-0.2, 0) is 0 Å². The summed E-state index contributed by atoms with van der Waals surface area (Å²) in [6.07, 6.45) is 1.53. The van der Waals surface area contributed by atoms with Gasteiger partial charge in [0, 0.05) is 6.20 Å². The molecule has 1 rings (SSSR count). The Hall–Kier alpha value is -1.42. The maximum atomic E-state index is 10.2. The van der Waals surface area contributed by atoms with Crippen LogP contribution in [0.2, 0.25) is 0 Å². The Labute approximate surface area is 63.8 Å². The molecule has 3 N–H and O–H groups in total. The second-order valence-corrected chi connectivity index (χ2v) is 2.03. The van der Waals surface area contributed by atoms with Gasteiger partial charge in [-0.15, -0.1) is 0 Å². The van der Waals surface area contributed by atoms with Crippen LogP contribution in [0.4, 0.5) is 0 Å². The lowest BCUT2D eigenvalue weighted by Gasteiger charge is -1.91. The molecule has 11 heavy (non-hydrogen) atoms. The standard InChI is InChI=1S/C7H7NO2.H2O/c1-5-2-3-6(7(9)10)8-4-5;/h2-4H,1H3,(H,9,10);1H2. The Balaban J connectivity index is 0.000001000. The highest BCUT2D eigenvalue weighted by atomic mass is 16.4. The Morgan fingerprint density at radius 1 is 1.55 bits per heavy atom. The molecule has 0 spiro atoms. The molecule has 0 aliphatic carbocycles. The van der Waals surface area contributed by atoms with Crippen LogP contribution in [0.3, 0.4) is 0 Å². The van der Waals surface area contributed by atoms with Gasteiger partial charge in [-0.3, -0.25) is 0 Å². The number of carbonyl (C=O) groups is 1. The number of rotatable bonds is 1. The van der Waals surface area contributed by atoms with Crippen molar-refractivity contribution in [1.82, 2.24) is 4.98 Å². The monoisotopic (exact) mass is 155 g/mol. The van der Waals surface area contributed by atoms with E-state index in [9.17, 15) is 4.79 Å². The van der Waals surface area contributed by atoms with Gasteiger partial charge in [0.15, 0.2) is 0 Å². The topological polar surface area (TPSA) is 81.7 Å². The Morgan fingerprint density at radius 2 is 2.18 bits per heavy atom. The van der Waals surface area contributed by atoms with Gasteiger partial charge in [0.05, 0.1) is 0 Å². The minimum atomic E-state index is -0.986. The molecule has 60 valence electrons. The Morgan fingerprint density at radius 3 is 2.55 bits per heavy atom. The number of aryl methyl sites for hydroxylation is 1. The van der Waals surface area contributed by atoms with E-state index in [2.05, 4.69) is 4.98 Å². The number of carboxylic acids is 1. The van der Waals surface area contributed by atoms with Crippen LogP contribution in [0.25, 0.3) is 0 Å². The predicted octanol–water partition coefficient (Wildman–Crippen LogP) is 0.264. The van der Waals surface area contributed by atoms with Crippen molar-refractivity contribution in [3.8, 4) is 0 Å². The predicted molar refractivity (Wildman–Crippen MR) is 39.5 cm³/mol. The van der Waals surface area contributed by atoms with Crippen LogP contribution in [0.5, 0.6) is 0 Å². The molecule has 0 aliphatic rings. The largest absolute Gasteiger partial charge is 0.477 e. The van der Waals surface area contributed by atoms with Crippen LogP contribution >= 0.6 is 0 Å². The number of hydrogen-bond donors (Lipinski definition) is 1. The van der Waals surface area contributed by atoms with Gasteiger partial charge in [0.2, 0.25) is 0 Å². The van der Waals surface area contributed by atoms with Gasteiger partial charge in [-0.1, -0.05) is 6.07 Å². The van der Waals surface area contributed by atoms with Gasteiger partial charge in [-0.05, 0) is 18.6 Å². The van der Waals surface area contributed by atoms with Crippen molar-refractivity contribution in [1.29, 1.82) is 0 Å². The third-order valence-corrected chi connectivity index (χ3v) is 1.13. The lowest BCUT2D eigenvalue weighted by atomic mass is 10.3. The SMILES string of the molecule is Cc1ccc(C(=O)O)nc1.O. The molecule has 0 bridgehead atoms. The average molecular weight is 155 g/mol. The molecule has 0 aliphatic heterocycles. The van der Waals surface area contributed by atoms with Crippen LogP contribution in [0, 0.1) is 6.92 Å². The summed E-state index contributed by atoms with van der Waals surface area (Å²) in [4.78, 5) is 13.9. The van der Waals surface area contributed by atoms with Crippen molar-refractivity contribution in [2.24, 2.45) is 0 Å². The zero-order valence-corrected chi connectivity index (χ0v) is 6.03. The van der Waals surface area contributed by atoms with Crippen molar-refractivity contribution < 1.29 is 15.4 Å². The number of pyridine rings is 1. The highest BCUT2D eigenvalue weighted by Crippen LogP contribution is 1.97. The molecule has 4 nitrogen and oxygen atoms in total. The molecule has 0 saturated carbocycles. The minimum absolute atomic E-state index is 0. The molecular formula is C7H9NO3. The summed E-state index contributed by atoms with van der Waals surface area (Å²) >= 11 is 0. The van der Waals surface area contributed by atoms with E-state index >= 15 is 0 Å². The number of aromatic carboxylic acids is 1. The minimum Gasteiger partial charge on any atom is -0.477 e. The van der Waals surface area contributed by atoms with Crippen molar-refractivity contribution in [3.63, 3.8) is 0 Å². The number of hydrogen-bond acceptors (Lipinski definition) is 2. The molecular weight excluding hydrogens is 146 g/mol. The van der Waals surface area contributed by atoms with Gasteiger partial charge in [-0.2, -0.15) is 0 Å². The average Bonchev–Trinajstić information content (AvgIpc) is 1.88. The first-order valence-electron chi connectivity index (χ1n) is 2.86. The number of carboxylic acid groups (broad SMARTS) is 1. The smallest absolute Gasteiger partial charge is 0.354 e. The molecule has 1 aromatic rings. The molecule has 1 heterocycles. The quantitative estimate of drug-likeness (QED) is 0.631. The summed E-state index contributed by atoms with van der Waals surface area (Å²) in [7, 11) is 0. The van der Waals surface area contributed by atoms with Crippen LogP contribution in [0.15, 0.2) is 18.3 Å². The maximum Gasteiger partial charge on any atom is 0.354 e. The number of nitrogens with zero attached hydrogens (tertiary/aromatic N) is 1. The van der Waals surface area contributed by atoms with Crippen LogP contribution in [0.1, 0.15) is 16.1 Å². The van der Waals surface area contributed by atoms with E-state index in [1.165, 1.54) is 12.3 Å². The summed E-state index contributed by atoms with van der Waals surface area (Å²) in [5, 5.41) is 8.41. The zero-order valence-electron chi connectivity index (χ0n) is 6.03. The third kappa shape index (κ3) is 2.35. The highest BCUT2D eigenvalue weighted by Gasteiger charge is 2.00. The van der Waals surface area contributed by atoms with Crippen molar-refractivity contribution in [2.75, 3.05) is 0 Å². The molecule has 0 radical (unpaired) electrons. The second-order valence-electron chi connectivity index (χ2n) is 2.03. The molecule has 0 aromatic carbocycles. The molecule has 4 heteroatoms. The Bertz CT molecular complexity index is 242. The fourth-order valence-electron chi connectivity index (χ4n) is 0.594. The van der Waals surface area contributed by atoms with Gasteiger partial charge in [-0.25, -0.2) is 9.78 Å². The van der Waals surface area contributed by atoms with Crippen molar-refractivity contribution >= 4 is 5.97 Å². The first kappa shape index (κ1) is 9.58. The number of aromatic nitrogens is 1. The normalized spacial score (nSPS) is 8.45. The van der Waals surface area contributed by atoms with Gasteiger partial charge in [0.1, 0.15) is 5.69 Å². The van der Waals surface area contributed by atoms with Gasteiger partial charge < -0.3 is 10.6 Å². The van der Waals surface area contributed by atoms with Gasteiger partial charge in [0.25, 0.3) is 0 Å². The van der Waals surface area contributed by atoms with Gasteiger partial charge >= 0.3 is 5.97 Å². The van der Waals surface area contributed by atoms with Crippen molar-refractivity contribution in [3.05, 3.63) is 29.6 Å². The molecule has 0 saturated heterocycles. The fraction of sp³-hybridized carbons (Fsp3) is 0.143. The second kappa shape index (κ2) is 3.68. The highest BCUT2D eigenvalue weighted by molar-refractivity contribution is 5.85. The lowest BCUT2D eigenvalue weighted by Crippen LogP contribution is -1.98. The third-order valence-electron chi connectivity index (χ3n) is 1.13. The van der Waals surface area contributed by atoms with E-state index in [-0.39, 0.29) is 11.2 Å². The van der Waals surface area contributed by atoms with E-state index in [1.54, 1.807) is 6.07 Å². The molecule has 0 unspecified atom stereocenters. The van der Waals surface area contributed by atoms with E-state index in [1.807, 2.05) is 6.92 Å². The van der Waals surface area contributed by atoms with Crippen LogP contribution < -0.4 is 0 Å². The molecule has 0 fully saturated rings. The summed E-state index contributed by atoms with van der Waals surface area (Å²) in [6.45, 7) is 1.86. The summed E-state index contributed by atoms with van der Waals surface area (Å²) < 4.78 is 0. The fourth-order valence-corrected chi connectivity index (χ4v) is 0.594. The first-order chi connectivity index (χ1) is 4.70. The van der Waals surface area contributed by atoms with Crippen molar-refractivity contribution in [2.45, 2.75) is 6.92 Å². The summed E-state index contributed by atoms with van der Waals surface area (Å²) in [5.74, 6) is -0.986. The van der Waals surface area contributed by atoms with Crippen LogP contribution in [-0.4, -0.2) is 21.5 Å². The van der Waals surface area contributed by atoms with E-state index in [0.717, 1.165) is 5.56 Å². The summed E-state index contributed by atoms with van der Waals surface area (Å²) in [5.41, 5.74) is 1.05. The summed E-state index contributed by atoms with van der Waals surface area (Å²) in [6, 6.07) is 3.20. The molecule has 0 atom stereocenters. The lowest BCUT2D eigenvalue weighted by molar-refractivity contribution is 0.0690. The first-order valence-corrected chi connectivity index (χ1v) is 2.86. The molecule has 1 aromatic heterocycles. The zero-order chi connectivity index (χ0) is 7.56. The Kier molecular flexibility index (Phi) is 3.20.